The van der Waals surface area contributed by atoms with E-state index in [4.69, 9.17) is 33.9 Å². The molecule has 2 N–H and O–H groups in total. The van der Waals surface area contributed by atoms with Crippen molar-refractivity contribution >= 4 is 39.9 Å². The molecule has 3 aromatic rings. The Labute approximate surface area is 133 Å². The maximum atomic E-state index is 6.11. The number of fused-ring (bicyclic) bond motifs is 1. The molecule has 0 aliphatic carbocycles. The van der Waals surface area contributed by atoms with Crippen LogP contribution in [0.15, 0.2) is 36.4 Å². The summed E-state index contributed by atoms with van der Waals surface area (Å²) in [6.07, 6.45) is 1.01. The van der Waals surface area contributed by atoms with Crippen molar-refractivity contribution < 1.29 is 0 Å². The van der Waals surface area contributed by atoms with Crippen LogP contribution < -0.4 is 5.73 Å². The summed E-state index contributed by atoms with van der Waals surface area (Å²) in [7, 11) is 0. The van der Waals surface area contributed by atoms with Gasteiger partial charge in [-0.05, 0) is 42.8 Å². The fraction of sp³-hybridized carbons (Fsp3) is 0.188. The number of nitrogens with two attached hydrogens (primary N) is 1. The molecule has 0 saturated heterocycles. The molecule has 0 bridgehead atoms. The Kier molecular flexibility index (Phi) is 3.79. The minimum absolute atomic E-state index is 0.556. The smallest absolute Gasteiger partial charge is 0.141 e. The molecule has 0 radical (unpaired) electrons. The standard InChI is InChI=1S/C16H15Cl2N3/c1-2-7-21-15-9-11(17)4-6-14(15)20-16(21)10-3-5-12(18)13(19)8-10/h3-6,8-9H,2,7,19H2,1H3. The highest BCUT2D eigenvalue weighted by Crippen LogP contribution is 2.30. The second-order valence-electron chi connectivity index (χ2n) is 4.96. The SMILES string of the molecule is CCCn1c(-c2ccc(Cl)c(N)c2)nc2ccc(Cl)cc21. The van der Waals surface area contributed by atoms with Gasteiger partial charge in [0.25, 0.3) is 0 Å². The lowest BCUT2D eigenvalue weighted by Gasteiger charge is -2.09. The number of hydrogen-bond acceptors (Lipinski definition) is 2. The molecule has 0 atom stereocenters. The van der Waals surface area contributed by atoms with Gasteiger partial charge in [-0.3, -0.25) is 0 Å². The molecule has 0 amide bonds. The van der Waals surface area contributed by atoms with Crippen molar-refractivity contribution in [3.8, 4) is 11.4 Å². The Bertz CT molecular complexity index is 809. The summed E-state index contributed by atoms with van der Waals surface area (Å²) < 4.78 is 2.17. The van der Waals surface area contributed by atoms with E-state index in [1.54, 1.807) is 6.07 Å². The van der Waals surface area contributed by atoms with E-state index < -0.39 is 0 Å². The lowest BCUT2D eigenvalue weighted by molar-refractivity contribution is 0.704. The molecule has 2 aromatic carbocycles. The first-order chi connectivity index (χ1) is 10.1. The number of imidazole rings is 1. The minimum Gasteiger partial charge on any atom is -0.398 e. The van der Waals surface area contributed by atoms with Gasteiger partial charge in [-0.15, -0.1) is 0 Å². The molecule has 1 aromatic heterocycles. The van der Waals surface area contributed by atoms with E-state index in [9.17, 15) is 0 Å². The summed E-state index contributed by atoms with van der Waals surface area (Å²) in [4.78, 5) is 4.72. The van der Waals surface area contributed by atoms with Gasteiger partial charge < -0.3 is 10.3 Å². The Morgan fingerprint density at radius 2 is 1.95 bits per heavy atom. The van der Waals surface area contributed by atoms with Crippen LogP contribution in [0, 0.1) is 0 Å². The van der Waals surface area contributed by atoms with Gasteiger partial charge in [0.05, 0.1) is 21.7 Å². The molecule has 5 heteroatoms. The summed E-state index contributed by atoms with van der Waals surface area (Å²) in [5.41, 5.74) is 9.39. The van der Waals surface area contributed by atoms with Crippen LogP contribution >= 0.6 is 23.2 Å². The third kappa shape index (κ3) is 2.59. The van der Waals surface area contributed by atoms with Gasteiger partial charge in [0.2, 0.25) is 0 Å². The van der Waals surface area contributed by atoms with Crippen LogP contribution in [0.5, 0.6) is 0 Å². The molecule has 0 aliphatic rings. The predicted molar refractivity (Wildman–Crippen MR) is 89.9 cm³/mol. The van der Waals surface area contributed by atoms with E-state index in [-0.39, 0.29) is 0 Å². The molecule has 0 spiro atoms. The second-order valence-corrected chi connectivity index (χ2v) is 5.80. The number of hydrogen-bond donors (Lipinski definition) is 1. The summed E-state index contributed by atoms with van der Waals surface area (Å²) in [6, 6.07) is 11.3. The number of aryl methyl sites for hydroxylation is 1. The summed E-state index contributed by atoms with van der Waals surface area (Å²) >= 11 is 12.1. The average Bonchev–Trinajstić information content (AvgIpc) is 2.81. The Morgan fingerprint density at radius 1 is 1.14 bits per heavy atom. The van der Waals surface area contributed by atoms with Crippen molar-refractivity contribution in [2.45, 2.75) is 19.9 Å². The molecule has 0 saturated carbocycles. The fourth-order valence-corrected chi connectivity index (χ4v) is 2.73. The molecule has 108 valence electrons. The number of benzene rings is 2. The normalized spacial score (nSPS) is 11.2. The zero-order chi connectivity index (χ0) is 15.0. The first-order valence-corrected chi connectivity index (χ1v) is 7.57. The van der Waals surface area contributed by atoms with Gasteiger partial charge in [-0.25, -0.2) is 4.98 Å². The van der Waals surface area contributed by atoms with Gasteiger partial charge in [0.1, 0.15) is 5.82 Å². The van der Waals surface area contributed by atoms with E-state index in [0.29, 0.717) is 15.7 Å². The van der Waals surface area contributed by atoms with Crippen molar-refractivity contribution in [3.63, 3.8) is 0 Å². The molecule has 3 rings (SSSR count). The number of anilines is 1. The molecule has 1 heterocycles. The van der Waals surface area contributed by atoms with Crippen LogP contribution in [-0.2, 0) is 6.54 Å². The van der Waals surface area contributed by atoms with Crippen LogP contribution in [0.2, 0.25) is 10.0 Å². The number of nitrogen functional groups attached to an aromatic ring is 1. The largest absolute Gasteiger partial charge is 0.398 e. The van der Waals surface area contributed by atoms with Crippen LogP contribution in [0.4, 0.5) is 5.69 Å². The van der Waals surface area contributed by atoms with Crippen molar-refractivity contribution in [1.29, 1.82) is 0 Å². The van der Waals surface area contributed by atoms with E-state index in [2.05, 4.69) is 11.5 Å². The van der Waals surface area contributed by atoms with Crippen LogP contribution in [0.1, 0.15) is 13.3 Å². The topological polar surface area (TPSA) is 43.8 Å². The maximum Gasteiger partial charge on any atom is 0.141 e. The highest BCUT2D eigenvalue weighted by molar-refractivity contribution is 6.33. The van der Waals surface area contributed by atoms with Crippen LogP contribution in [0.25, 0.3) is 22.4 Å². The molecular weight excluding hydrogens is 305 g/mol. The highest BCUT2D eigenvalue weighted by atomic mass is 35.5. The number of nitrogens with zero attached hydrogens (tertiary/aromatic N) is 2. The summed E-state index contributed by atoms with van der Waals surface area (Å²) in [5.74, 6) is 0.887. The Balaban J connectivity index is 2.25. The fourth-order valence-electron chi connectivity index (χ4n) is 2.45. The number of aromatic nitrogens is 2. The predicted octanol–water partition coefficient (Wildman–Crippen LogP) is 5.00. The van der Waals surface area contributed by atoms with Crippen molar-refractivity contribution in [1.82, 2.24) is 9.55 Å². The van der Waals surface area contributed by atoms with Gasteiger partial charge in [0.15, 0.2) is 0 Å². The van der Waals surface area contributed by atoms with E-state index in [1.165, 1.54) is 0 Å². The monoisotopic (exact) mass is 319 g/mol. The van der Waals surface area contributed by atoms with E-state index >= 15 is 0 Å². The number of halogens is 2. The van der Waals surface area contributed by atoms with Crippen molar-refractivity contribution in [2.75, 3.05) is 5.73 Å². The summed E-state index contributed by atoms with van der Waals surface area (Å²) in [6.45, 7) is 3.01. The van der Waals surface area contributed by atoms with Gasteiger partial charge >= 0.3 is 0 Å². The van der Waals surface area contributed by atoms with Crippen LogP contribution in [0.3, 0.4) is 0 Å². The van der Waals surface area contributed by atoms with Crippen LogP contribution in [-0.4, -0.2) is 9.55 Å². The molecule has 21 heavy (non-hydrogen) atoms. The van der Waals surface area contributed by atoms with Gasteiger partial charge in [-0.2, -0.15) is 0 Å². The quantitative estimate of drug-likeness (QED) is 0.690. The first kappa shape index (κ1) is 14.2. The van der Waals surface area contributed by atoms with E-state index in [0.717, 1.165) is 35.4 Å². The first-order valence-electron chi connectivity index (χ1n) is 6.81. The molecular formula is C16H15Cl2N3. The lowest BCUT2D eigenvalue weighted by Crippen LogP contribution is -2.00. The Hall–Kier alpha value is -1.71. The minimum atomic E-state index is 0.556. The zero-order valence-electron chi connectivity index (χ0n) is 11.6. The van der Waals surface area contributed by atoms with Crippen molar-refractivity contribution in [3.05, 3.63) is 46.4 Å². The van der Waals surface area contributed by atoms with Crippen molar-refractivity contribution in [2.24, 2.45) is 0 Å². The maximum absolute atomic E-state index is 6.11. The Morgan fingerprint density at radius 3 is 2.67 bits per heavy atom. The van der Waals surface area contributed by atoms with Gasteiger partial charge in [0, 0.05) is 17.1 Å². The molecule has 0 fully saturated rings. The third-order valence-electron chi connectivity index (χ3n) is 3.41. The van der Waals surface area contributed by atoms with E-state index in [1.807, 2.05) is 30.3 Å². The molecule has 3 nitrogen and oxygen atoms in total. The average molecular weight is 320 g/mol. The van der Waals surface area contributed by atoms with Gasteiger partial charge in [-0.1, -0.05) is 30.1 Å². The molecule has 0 aliphatic heterocycles. The lowest BCUT2D eigenvalue weighted by atomic mass is 10.2. The zero-order valence-corrected chi connectivity index (χ0v) is 13.1. The molecule has 0 unspecified atom stereocenters. The number of rotatable bonds is 3. The third-order valence-corrected chi connectivity index (χ3v) is 3.99. The summed E-state index contributed by atoms with van der Waals surface area (Å²) in [5, 5.41) is 1.27. The second kappa shape index (κ2) is 5.58. The highest BCUT2D eigenvalue weighted by Gasteiger charge is 2.13.